The highest BCUT2D eigenvalue weighted by Gasteiger charge is 2.07. The molecule has 20 heavy (non-hydrogen) atoms. The number of amides is 1. The Labute approximate surface area is 119 Å². The number of rotatable bonds is 7. The molecule has 0 spiro atoms. The van der Waals surface area contributed by atoms with E-state index in [-0.39, 0.29) is 17.3 Å². The number of hydrogen-bond donors (Lipinski definition) is 3. The van der Waals surface area contributed by atoms with Crippen molar-refractivity contribution in [2.45, 2.75) is 37.8 Å². The van der Waals surface area contributed by atoms with Gasteiger partial charge in [-0.15, -0.1) is 0 Å². The molecule has 0 aliphatic carbocycles. The lowest BCUT2D eigenvalue weighted by Crippen LogP contribution is -2.37. The maximum atomic E-state index is 11.6. The molecule has 0 aromatic heterocycles. The SMILES string of the molecule is CCC(C)NCC(=O)NCc1ccc(S(N)(=O)=O)cc1. The van der Waals surface area contributed by atoms with Crippen molar-refractivity contribution < 1.29 is 13.2 Å². The van der Waals surface area contributed by atoms with Crippen molar-refractivity contribution in [3.8, 4) is 0 Å². The number of carbonyl (C=O) groups is 1. The number of primary sulfonamides is 1. The minimum absolute atomic E-state index is 0.0611. The monoisotopic (exact) mass is 299 g/mol. The van der Waals surface area contributed by atoms with Crippen LogP contribution in [0.5, 0.6) is 0 Å². The van der Waals surface area contributed by atoms with Crippen LogP contribution in [0.15, 0.2) is 29.2 Å². The Morgan fingerprint density at radius 1 is 1.30 bits per heavy atom. The summed E-state index contributed by atoms with van der Waals surface area (Å²) >= 11 is 0. The van der Waals surface area contributed by atoms with Gasteiger partial charge in [-0.3, -0.25) is 4.79 Å². The minimum Gasteiger partial charge on any atom is -0.351 e. The Balaban J connectivity index is 2.44. The standard InChI is InChI=1S/C13H21N3O3S/c1-3-10(2)15-9-13(17)16-8-11-4-6-12(7-5-11)20(14,18)19/h4-7,10,15H,3,8-9H2,1-2H3,(H,16,17)(H2,14,18,19). The molecule has 1 rings (SSSR count). The van der Waals surface area contributed by atoms with Gasteiger partial charge in [-0.2, -0.15) is 0 Å². The molecule has 7 heteroatoms. The van der Waals surface area contributed by atoms with E-state index in [1.165, 1.54) is 12.1 Å². The van der Waals surface area contributed by atoms with Crippen molar-refractivity contribution >= 4 is 15.9 Å². The van der Waals surface area contributed by atoms with Gasteiger partial charge in [0.25, 0.3) is 0 Å². The summed E-state index contributed by atoms with van der Waals surface area (Å²) in [5, 5.41) is 10.8. The maximum Gasteiger partial charge on any atom is 0.238 e. The zero-order valence-electron chi connectivity index (χ0n) is 11.7. The van der Waals surface area contributed by atoms with E-state index in [4.69, 9.17) is 5.14 Å². The van der Waals surface area contributed by atoms with Gasteiger partial charge in [0.2, 0.25) is 15.9 Å². The zero-order chi connectivity index (χ0) is 15.2. The van der Waals surface area contributed by atoms with Gasteiger partial charge < -0.3 is 10.6 Å². The molecular formula is C13H21N3O3S. The van der Waals surface area contributed by atoms with Crippen LogP contribution in [0.1, 0.15) is 25.8 Å². The van der Waals surface area contributed by atoms with Gasteiger partial charge >= 0.3 is 0 Å². The van der Waals surface area contributed by atoms with E-state index in [0.29, 0.717) is 12.6 Å². The van der Waals surface area contributed by atoms with Crippen molar-refractivity contribution in [2.75, 3.05) is 6.54 Å². The molecule has 6 nitrogen and oxygen atoms in total. The molecule has 1 aromatic carbocycles. The Morgan fingerprint density at radius 3 is 2.40 bits per heavy atom. The lowest BCUT2D eigenvalue weighted by atomic mass is 10.2. The second-order valence-electron chi connectivity index (χ2n) is 4.66. The average Bonchev–Trinajstić information content (AvgIpc) is 2.41. The van der Waals surface area contributed by atoms with E-state index >= 15 is 0 Å². The summed E-state index contributed by atoms with van der Waals surface area (Å²) in [6.07, 6.45) is 0.961. The molecule has 0 radical (unpaired) electrons. The first-order chi connectivity index (χ1) is 9.32. The van der Waals surface area contributed by atoms with E-state index in [0.717, 1.165) is 12.0 Å². The van der Waals surface area contributed by atoms with Crippen molar-refractivity contribution in [1.29, 1.82) is 0 Å². The number of benzene rings is 1. The molecule has 1 atom stereocenters. The minimum atomic E-state index is -3.67. The third kappa shape index (κ3) is 5.68. The molecule has 0 saturated heterocycles. The molecule has 0 aliphatic rings. The first-order valence-electron chi connectivity index (χ1n) is 6.44. The fourth-order valence-corrected chi connectivity index (χ4v) is 1.99. The van der Waals surface area contributed by atoms with Gasteiger partial charge in [0, 0.05) is 12.6 Å². The Kier molecular flexibility index (Phi) is 6.12. The van der Waals surface area contributed by atoms with Gasteiger partial charge in [0.15, 0.2) is 0 Å². The molecule has 1 unspecified atom stereocenters. The second-order valence-corrected chi connectivity index (χ2v) is 6.22. The number of carbonyl (C=O) groups excluding carboxylic acids is 1. The number of nitrogens with two attached hydrogens (primary N) is 1. The molecule has 0 aliphatic heterocycles. The largest absolute Gasteiger partial charge is 0.351 e. The van der Waals surface area contributed by atoms with Crippen LogP contribution in [-0.4, -0.2) is 26.9 Å². The summed E-state index contributed by atoms with van der Waals surface area (Å²) in [4.78, 5) is 11.6. The smallest absolute Gasteiger partial charge is 0.238 e. The fraction of sp³-hybridized carbons (Fsp3) is 0.462. The quantitative estimate of drug-likeness (QED) is 0.675. The molecule has 4 N–H and O–H groups in total. The molecule has 112 valence electrons. The van der Waals surface area contributed by atoms with Crippen molar-refractivity contribution in [1.82, 2.24) is 10.6 Å². The fourth-order valence-electron chi connectivity index (χ4n) is 1.47. The Hall–Kier alpha value is -1.44. The van der Waals surface area contributed by atoms with Gasteiger partial charge in [-0.05, 0) is 31.0 Å². The highest BCUT2D eigenvalue weighted by Crippen LogP contribution is 2.08. The summed E-state index contributed by atoms with van der Waals surface area (Å²) in [6.45, 7) is 4.68. The molecule has 0 heterocycles. The van der Waals surface area contributed by atoms with Crippen LogP contribution in [0.25, 0.3) is 0 Å². The zero-order valence-corrected chi connectivity index (χ0v) is 12.5. The van der Waals surface area contributed by atoms with Crippen LogP contribution in [-0.2, 0) is 21.4 Å². The molecular weight excluding hydrogens is 278 g/mol. The lowest BCUT2D eigenvalue weighted by Gasteiger charge is -2.11. The maximum absolute atomic E-state index is 11.6. The molecule has 1 amide bonds. The summed E-state index contributed by atoms with van der Waals surface area (Å²) in [7, 11) is -3.67. The summed E-state index contributed by atoms with van der Waals surface area (Å²) in [6, 6.07) is 6.40. The summed E-state index contributed by atoms with van der Waals surface area (Å²) in [5.41, 5.74) is 0.814. The predicted octanol–water partition coefficient (Wildman–Crippen LogP) is 0.338. The van der Waals surface area contributed by atoms with Crippen molar-refractivity contribution in [3.05, 3.63) is 29.8 Å². The van der Waals surface area contributed by atoms with E-state index in [1.54, 1.807) is 12.1 Å². The van der Waals surface area contributed by atoms with Gasteiger partial charge in [0.05, 0.1) is 11.4 Å². The van der Waals surface area contributed by atoms with Crippen LogP contribution >= 0.6 is 0 Å². The van der Waals surface area contributed by atoms with Crippen LogP contribution in [0.4, 0.5) is 0 Å². The molecule has 0 bridgehead atoms. The van der Waals surface area contributed by atoms with Gasteiger partial charge in [-0.1, -0.05) is 19.1 Å². The lowest BCUT2D eigenvalue weighted by molar-refractivity contribution is -0.120. The molecule has 1 aromatic rings. The van der Waals surface area contributed by atoms with Crippen LogP contribution in [0, 0.1) is 0 Å². The second kappa shape index (κ2) is 7.37. The van der Waals surface area contributed by atoms with Gasteiger partial charge in [0.1, 0.15) is 0 Å². The Morgan fingerprint density at radius 2 is 1.90 bits per heavy atom. The van der Waals surface area contributed by atoms with E-state index in [2.05, 4.69) is 10.6 Å². The molecule has 0 saturated carbocycles. The van der Waals surface area contributed by atoms with Crippen LogP contribution in [0.3, 0.4) is 0 Å². The first-order valence-corrected chi connectivity index (χ1v) is 7.99. The normalized spacial score (nSPS) is 12.9. The predicted molar refractivity (Wildman–Crippen MR) is 77.4 cm³/mol. The highest BCUT2D eigenvalue weighted by molar-refractivity contribution is 7.89. The number of nitrogens with one attached hydrogen (secondary N) is 2. The van der Waals surface area contributed by atoms with E-state index < -0.39 is 10.0 Å². The Bertz CT molecular complexity index is 540. The van der Waals surface area contributed by atoms with Crippen molar-refractivity contribution in [3.63, 3.8) is 0 Å². The number of hydrogen-bond acceptors (Lipinski definition) is 4. The third-order valence-electron chi connectivity index (χ3n) is 2.97. The first kappa shape index (κ1) is 16.6. The van der Waals surface area contributed by atoms with Crippen molar-refractivity contribution in [2.24, 2.45) is 5.14 Å². The third-order valence-corrected chi connectivity index (χ3v) is 3.89. The van der Waals surface area contributed by atoms with Gasteiger partial charge in [-0.25, -0.2) is 13.6 Å². The van der Waals surface area contributed by atoms with Crippen LogP contribution < -0.4 is 15.8 Å². The summed E-state index contributed by atoms with van der Waals surface area (Å²) in [5.74, 6) is -0.0965. The number of sulfonamides is 1. The highest BCUT2D eigenvalue weighted by atomic mass is 32.2. The van der Waals surface area contributed by atoms with E-state index in [9.17, 15) is 13.2 Å². The van der Waals surface area contributed by atoms with E-state index in [1.807, 2.05) is 13.8 Å². The topological polar surface area (TPSA) is 101 Å². The summed E-state index contributed by atoms with van der Waals surface area (Å²) < 4.78 is 22.2. The van der Waals surface area contributed by atoms with Crippen LogP contribution in [0.2, 0.25) is 0 Å². The molecule has 0 fully saturated rings. The average molecular weight is 299 g/mol.